The number of aromatic amines is 1. The average Bonchev–Trinajstić information content (AvgIpc) is 3.10. The maximum atomic E-state index is 4.57. The highest BCUT2D eigenvalue weighted by Gasteiger charge is 2.21. The zero-order valence-electron chi connectivity index (χ0n) is 10.9. The Hall–Kier alpha value is -2.30. The normalized spacial score (nSPS) is 17.9. The summed E-state index contributed by atoms with van der Waals surface area (Å²) >= 11 is 0. The van der Waals surface area contributed by atoms with Crippen LogP contribution in [0.3, 0.4) is 0 Å². The Morgan fingerprint density at radius 1 is 1.32 bits per heavy atom. The summed E-state index contributed by atoms with van der Waals surface area (Å²) in [6, 6.07) is 10.7. The van der Waals surface area contributed by atoms with Gasteiger partial charge in [-0.1, -0.05) is 30.3 Å². The maximum Gasteiger partial charge on any atom is 0.194 e. The number of rotatable bonds is 3. The predicted molar refractivity (Wildman–Crippen MR) is 74.7 cm³/mol. The average molecular weight is 255 g/mol. The second-order valence-electron chi connectivity index (χ2n) is 4.70. The topological polar surface area (TPSA) is 56.3 Å². The van der Waals surface area contributed by atoms with Crippen LogP contribution in [0.2, 0.25) is 0 Å². The summed E-state index contributed by atoms with van der Waals surface area (Å²) in [5.41, 5.74) is 2.35. The molecule has 0 fully saturated rings. The van der Waals surface area contributed by atoms with Gasteiger partial charge in [-0.25, -0.2) is 4.98 Å². The number of hydrogen-bond acceptors (Lipinski definition) is 4. The molecule has 1 atom stereocenters. The molecule has 0 spiro atoms. The SMILES string of the molecule is CN(Cc1cnc[nH]1)C1=NCC(c2ccccc2)N1. The van der Waals surface area contributed by atoms with Gasteiger partial charge in [-0.15, -0.1) is 0 Å². The van der Waals surface area contributed by atoms with Gasteiger partial charge in [-0.05, 0) is 5.56 Å². The number of imidazole rings is 1. The largest absolute Gasteiger partial charge is 0.348 e. The quantitative estimate of drug-likeness (QED) is 0.874. The van der Waals surface area contributed by atoms with E-state index in [0.29, 0.717) is 0 Å². The Balaban J connectivity index is 1.62. The van der Waals surface area contributed by atoms with Crippen LogP contribution in [0.1, 0.15) is 17.3 Å². The van der Waals surface area contributed by atoms with Crippen LogP contribution < -0.4 is 5.32 Å². The van der Waals surface area contributed by atoms with Crippen LogP contribution in [-0.2, 0) is 6.54 Å². The van der Waals surface area contributed by atoms with Gasteiger partial charge < -0.3 is 15.2 Å². The Morgan fingerprint density at radius 3 is 2.89 bits per heavy atom. The second kappa shape index (κ2) is 5.14. The number of hydrogen-bond donors (Lipinski definition) is 2. The fourth-order valence-electron chi connectivity index (χ4n) is 2.23. The molecule has 1 aliphatic rings. The lowest BCUT2D eigenvalue weighted by molar-refractivity contribution is 0.474. The zero-order valence-corrected chi connectivity index (χ0v) is 10.9. The third kappa shape index (κ3) is 2.59. The maximum absolute atomic E-state index is 4.57. The van der Waals surface area contributed by atoms with Gasteiger partial charge in [0.15, 0.2) is 5.96 Å². The first-order valence-electron chi connectivity index (χ1n) is 6.37. The Bertz CT molecular complexity index is 546. The van der Waals surface area contributed by atoms with E-state index < -0.39 is 0 Å². The molecule has 1 aromatic carbocycles. The van der Waals surface area contributed by atoms with E-state index in [1.165, 1.54) is 5.56 Å². The first-order chi connectivity index (χ1) is 9.33. The molecular formula is C14H17N5. The molecule has 0 aliphatic carbocycles. The minimum absolute atomic E-state index is 0.278. The smallest absolute Gasteiger partial charge is 0.194 e. The van der Waals surface area contributed by atoms with Crippen LogP contribution in [-0.4, -0.2) is 34.4 Å². The number of nitrogens with zero attached hydrogens (tertiary/aromatic N) is 3. The lowest BCUT2D eigenvalue weighted by Gasteiger charge is -2.20. The number of aromatic nitrogens is 2. The van der Waals surface area contributed by atoms with Crippen molar-refractivity contribution >= 4 is 5.96 Å². The lowest BCUT2D eigenvalue weighted by atomic mass is 10.1. The summed E-state index contributed by atoms with van der Waals surface area (Å²) in [5.74, 6) is 0.934. The highest BCUT2D eigenvalue weighted by molar-refractivity contribution is 5.81. The highest BCUT2D eigenvalue weighted by atomic mass is 15.3. The van der Waals surface area contributed by atoms with Gasteiger partial charge in [0, 0.05) is 13.2 Å². The first-order valence-corrected chi connectivity index (χ1v) is 6.37. The van der Waals surface area contributed by atoms with Gasteiger partial charge in [-0.3, -0.25) is 4.99 Å². The van der Waals surface area contributed by atoms with Crippen molar-refractivity contribution in [3.05, 3.63) is 54.1 Å². The van der Waals surface area contributed by atoms with Crippen molar-refractivity contribution in [2.24, 2.45) is 4.99 Å². The number of nitrogens with one attached hydrogen (secondary N) is 2. The van der Waals surface area contributed by atoms with Gasteiger partial charge >= 0.3 is 0 Å². The molecule has 1 aromatic heterocycles. The van der Waals surface area contributed by atoms with Crippen LogP contribution in [0, 0.1) is 0 Å². The molecule has 3 rings (SSSR count). The van der Waals surface area contributed by atoms with E-state index in [0.717, 1.165) is 24.7 Å². The summed E-state index contributed by atoms with van der Waals surface area (Å²) in [7, 11) is 2.03. The highest BCUT2D eigenvalue weighted by Crippen LogP contribution is 2.17. The molecule has 0 radical (unpaired) electrons. The molecule has 19 heavy (non-hydrogen) atoms. The number of guanidine groups is 1. The molecule has 2 N–H and O–H groups in total. The van der Waals surface area contributed by atoms with E-state index in [-0.39, 0.29) is 6.04 Å². The lowest BCUT2D eigenvalue weighted by Crippen LogP contribution is -2.36. The molecule has 2 heterocycles. The molecule has 1 unspecified atom stereocenters. The Kier molecular flexibility index (Phi) is 3.18. The summed E-state index contributed by atoms with van der Waals surface area (Å²) in [5, 5.41) is 3.46. The summed E-state index contributed by atoms with van der Waals surface area (Å²) in [6.45, 7) is 1.56. The molecule has 0 amide bonds. The molecule has 0 saturated heterocycles. The molecule has 5 heteroatoms. The van der Waals surface area contributed by atoms with E-state index in [1.54, 1.807) is 6.33 Å². The van der Waals surface area contributed by atoms with Crippen molar-refractivity contribution in [2.45, 2.75) is 12.6 Å². The van der Waals surface area contributed by atoms with Gasteiger partial charge in [0.1, 0.15) is 0 Å². The zero-order chi connectivity index (χ0) is 13.1. The van der Waals surface area contributed by atoms with E-state index in [1.807, 2.05) is 19.3 Å². The van der Waals surface area contributed by atoms with Gasteiger partial charge in [0.25, 0.3) is 0 Å². The van der Waals surface area contributed by atoms with E-state index in [2.05, 4.69) is 49.4 Å². The molecular weight excluding hydrogens is 238 g/mol. The Morgan fingerprint density at radius 2 is 2.16 bits per heavy atom. The summed E-state index contributed by atoms with van der Waals surface area (Å²) in [6.07, 6.45) is 3.53. The number of benzene rings is 1. The minimum Gasteiger partial charge on any atom is -0.348 e. The van der Waals surface area contributed by atoms with Crippen LogP contribution in [0.5, 0.6) is 0 Å². The van der Waals surface area contributed by atoms with Crippen LogP contribution in [0.15, 0.2) is 47.8 Å². The number of H-pyrrole nitrogens is 1. The number of aliphatic imine (C=N–C) groups is 1. The van der Waals surface area contributed by atoms with Crippen LogP contribution in [0.25, 0.3) is 0 Å². The first kappa shape index (κ1) is 11.8. The monoisotopic (exact) mass is 255 g/mol. The van der Waals surface area contributed by atoms with Crippen molar-refractivity contribution < 1.29 is 0 Å². The van der Waals surface area contributed by atoms with Crippen molar-refractivity contribution in [1.82, 2.24) is 20.2 Å². The molecule has 5 nitrogen and oxygen atoms in total. The molecule has 98 valence electrons. The van der Waals surface area contributed by atoms with E-state index in [9.17, 15) is 0 Å². The molecule has 0 bridgehead atoms. The fraction of sp³-hybridized carbons (Fsp3) is 0.286. The summed E-state index contributed by atoms with van der Waals surface area (Å²) in [4.78, 5) is 13.8. The third-order valence-electron chi connectivity index (χ3n) is 3.25. The molecule has 1 aliphatic heterocycles. The van der Waals surface area contributed by atoms with Gasteiger partial charge in [-0.2, -0.15) is 0 Å². The van der Waals surface area contributed by atoms with Crippen molar-refractivity contribution in [1.29, 1.82) is 0 Å². The van der Waals surface area contributed by atoms with Crippen LogP contribution >= 0.6 is 0 Å². The standard InChI is InChI=1S/C14H17N5/c1-19(9-12-7-15-10-17-12)14-16-8-13(18-14)11-5-3-2-4-6-11/h2-7,10,13H,8-9H2,1H3,(H,15,17)(H,16,18). The van der Waals surface area contributed by atoms with Crippen molar-refractivity contribution in [3.63, 3.8) is 0 Å². The van der Waals surface area contributed by atoms with Crippen molar-refractivity contribution in [3.8, 4) is 0 Å². The van der Waals surface area contributed by atoms with Gasteiger partial charge in [0.2, 0.25) is 0 Å². The van der Waals surface area contributed by atoms with Crippen molar-refractivity contribution in [2.75, 3.05) is 13.6 Å². The second-order valence-corrected chi connectivity index (χ2v) is 4.70. The molecule has 2 aromatic rings. The molecule has 0 saturated carbocycles. The van der Waals surface area contributed by atoms with Gasteiger partial charge in [0.05, 0.1) is 31.2 Å². The minimum atomic E-state index is 0.278. The van der Waals surface area contributed by atoms with E-state index in [4.69, 9.17) is 0 Å². The third-order valence-corrected chi connectivity index (χ3v) is 3.25. The Labute approximate surface area is 112 Å². The fourth-order valence-corrected chi connectivity index (χ4v) is 2.23. The predicted octanol–water partition coefficient (Wildman–Crippen LogP) is 1.54. The van der Waals surface area contributed by atoms with Crippen LogP contribution in [0.4, 0.5) is 0 Å². The summed E-state index contributed by atoms with van der Waals surface area (Å²) < 4.78 is 0. The van der Waals surface area contributed by atoms with E-state index >= 15 is 0 Å².